The van der Waals surface area contributed by atoms with Gasteiger partial charge in [-0.25, -0.2) is 9.82 Å². The lowest BCUT2D eigenvalue weighted by Gasteiger charge is -2.11. The molecular weight excluding hydrogens is 329 g/mol. The van der Waals surface area contributed by atoms with Crippen LogP contribution in [0.5, 0.6) is 11.5 Å². The summed E-state index contributed by atoms with van der Waals surface area (Å²) < 4.78 is 23.8. The third kappa shape index (κ3) is 5.31. The summed E-state index contributed by atoms with van der Waals surface area (Å²) in [6.45, 7) is 0.249. The van der Waals surface area contributed by atoms with Crippen molar-refractivity contribution in [3.8, 4) is 11.5 Å². The van der Waals surface area contributed by atoms with E-state index in [0.29, 0.717) is 17.1 Å². The minimum atomic E-state index is -1.13. The molecule has 8 heteroatoms. The van der Waals surface area contributed by atoms with Crippen molar-refractivity contribution in [2.45, 2.75) is 6.61 Å². The number of benzene rings is 2. The molecule has 0 aliphatic carbocycles. The number of carbonyl (C=O) groups excluding carboxylic acids is 2. The molecule has 0 saturated heterocycles. The quantitative estimate of drug-likeness (QED) is 0.468. The Bertz CT molecular complexity index is 791. The molecule has 0 heterocycles. The second-order valence-corrected chi connectivity index (χ2v) is 4.89. The van der Waals surface area contributed by atoms with Crippen LogP contribution in [0, 0.1) is 5.82 Å². The lowest BCUT2D eigenvalue weighted by Crippen LogP contribution is -2.32. The largest absolute Gasteiger partial charge is 0.493 e. The Morgan fingerprint density at radius 2 is 1.92 bits per heavy atom. The summed E-state index contributed by atoms with van der Waals surface area (Å²) >= 11 is 0. The number of hydrogen-bond acceptors (Lipinski definition) is 5. The molecule has 0 fully saturated rings. The summed E-state index contributed by atoms with van der Waals surface area (Å²) in [6.07, 6.45) is 1.33. The van der Waals surface area contributed by atoms with E-state index < -0.39 is 11.8 Å². The molecule has 0 saturated carbocycles. The Labute approximate surface area is 143 Å². The summed E-state index contributed by atoms with van der Waals surface area (Å²) in [7, 11) is 1.48. The molecule has 0 bridgehead atoms. The number of hydrogen-bond donors (Lipinski definition) is 2. The third-order valence-corrected chi connectivity index (χ3v) is 3.10. The first-order valence-electron chi connectivity index (χ1n) is 7.17. The van der Waals surface area contributed by atoms with Crippen LogP contribution in [0.1, 0.15) is 11.1 Å². The normalized spacial score (nSPS) is 10.5. The number of halogens is 1. The van der Waals surface area contributed by atoms with Crippen LogP contribution in [-0.4, -0.2) is 25.1 Å². The number of hydrazone groups is 1. The Morgan fingerprint density at radius 1 is 1.20 bits per heavy atom. The van der Waals surface area contributed by atoms with Crippen LogP contribution < -0.4 is 20.6 Å². The number of amides is 2. The zero-order valence-electron chi connectivity index (χ0n) is 13.4. The second-order valence-electron chi connectivity index (χ2n) is 4.89. The molecule has 2 aromatic rings. The summed E-state index contributed by atoms with van der Waals surface area (Å²) in [6, 6.07) is 11.0. The summed E-state index contributed by atoms with van der Waals surface area (Å²) in [5, 5.41) is 3.61. The number of nitrogens with one attached hydrogen (secondary N) is 1. The van der Waals surface area contributed by atoms with Crippen molar-refractivity contribution in [1.82, 2.24) is 5.43 Å². The average molecular weight is 345 g/mol. The first-order valence-corrected chi connectivity index (χ1v) is 7.17. The van der Waals surface area contributed by atoms with Gasteiger partial charge in [-0.15, -0.1) is 0 Å². The van der Waals surface area contributed by atoms with Gasteiger partial charge in [-0.1, -0.05) is 12.1 Å². The minimum absolute atomic E-state index is 0.249. The lowest BCUT2D eigenvalue weighted by molar-refractivity contribution is -0.137. The smallest absolute Gasteiger partial charge is 0.329 e. The van der Waals surface area contributed by atoms with Gasteiger partial charge in [0, 0.05) is 0 Å². The van der Waals surface area contributed by atoms with Crippen molar-refractivity contribution < 1.29 is 23.5 Å². The van der Waals surface area contributed by atoms with Crippen molar-refractivity contribution in [2.75, 3.05) is 7.11 Å². The maximum atomic E-state index is 12.9. The predicted octanol–water partition coefficient (Wildman–Crippen LogP) is 1.35. The van der Waals surface area contributed by atoms with E-state index in [1.165, 1.54) is 25.5 Å². The molecule has 0 radical (unpaired) electrons. The van der Waals surface area contributed by atoms with Gasteiger partial charge in [0.1, 0.15) is 12.4 Å². The van der Waals surface area contributed by atoms with E-state index in [4.69, 9.17) is 15.2 Å². The Morgan fingerprint density at radius 3 is 2.56 bits per heavy atom. The second kappa shape index (κ2) is 8.44. The van der Waals surface area contributed by atoms with Crippen molar-refractivity contribution in [3.05, 3.63) is 59.4 Å². The molecule has 2 amide bonds. The highest BCUT2D eigenvalue weighted by molar-refractivity contribution is 6.34. The lowest BCUT2D eigenvalue weighted by atomic mass is 10.2. The van der Waals surface area contributed by atoms with Crippen LogP contribution >= 0.6 is 0 Å². The molecule has 0 aliphatic heterocycles. The number of ether oxygens (including phenoxy) is 2. The number of carbonyl (C=O) groups is 2. The molecule has 25 heavy (non-hydrogen) atoms. The molecule has 7 nitrogen and oxygen atoms in total. The van der Waals surface area contributed by atoms with Crippen LogP contribution in [0.15, 0.2) is 47.6 Å². The highest BCUT2D eigenvalue weighted by Crippen LogP contribution is 2.28. The molecule has 3 N–H and O–H groups in total. The van der Waals surface area contributed by atoms with Crippen molar-refractivity contribution in [1.29, 1.82) is 0 Å². The standard InChI is InChI=1S/C17H16FN3O4/c1-24-15-8-12(9-20-21-17(23)16(19)22)4-7-14(15)25-10-11-2-5-13(18)6-3-11/h2-9H,10H2,1H3,(H2,19,22)(H,21,23)/b20-9-. The van der Waals surface area contributed by atoms with E-state index in [2.05, 4.69) is 5.10 Å². The zero-order valence-corrected chi connectivity index (χ0v) is 13.4. The van der Waals surface area contributed by atoms with Gasteiger partial charge in [0.25, 0.3) is 0 Å². The van der Waals surface area contributed by atoms with Gasteiger partial charge in [0.05, 0.1) is 13.3 Å². The van der Waals surface area contributed by atoms with Crippen LogP contribution in [0.2, 0.25) is 0 Å². The molecule has 2 aromatic carbocycles. The van der Waals surface area contributed by atoms with Gasteiger partial charge in [0.15, 0.2) is 11.5 Å². The minimum Gasteiger partial charge on any atom is -0.493 e. The molecule has 0 spiro atoms. The molecule has 0 aromatic heterocycles. The predicted molar refractivity (Wildman–Crippen MR) is 88.7 cm³/mol. The molecule has 130 valence electrons. The maximum Gasteiger partial charge on any atom is 0.329 e. The molecule has 0 unspecified atom stereocenters. The Balaban J connectivity index is 2.03. The van der Waals surface area contributed by atoms with Gasteiger partial charge in [-0.2, -0.15) is 5.10 Å². The van der Waals surface area contributed by atoms with Gasteiger partial charge >= 0.3 is 11.8 Å². The molecule has 0 atom stereocenters. The topological polar surface area (TPSA) is 103 Å². The SMILES string of the molecule is COc1cc(/C=N\NC(=O)C(N)=O)ccc1OCc1ccc(F)cc1. The van der Waals surface area contributed by atoms with E-state index in [0.717, 1.165) is 5.56 Å². The number of methoxy groups -OCH3 is 1. The average Bonchev–Trinajstić information content (AvgIpc) is 2.61. The monoisotopic (exact) mass is 345 g/mol. The van der Waals surface area contributed by atoms with Crippen LogP contribution in [0.4, 0.5) is 4.39 Å². The highest BCUT2D eigenvalue weighted by atomic mass is 19.1. The number of nitrogens with two attached hydrogens (primary N) is 1. The summed E-state index contributed by atoms with van der Waals surface area (Å²) in [4.78, 5) is 21.6. The number of nitrogens with zero attached hydrogens (tertiary/aromatic N) is 1. The highest BCUT2D eigenvalue weighted by Gasteiger charge is 2.07. The summed E-state index contributed by atoms with van der Waals surface area (Å²) in [5.41, 5.74) is 8.19. The van der Waals surface area contributed by atoms with Crippen LogP contribution in [0.3, 0.4) is 0 Å². The fourth-order valence-electron chi connectivity index (χ4n) is 1.85. The van der Waals surface area contributed by atoms with E-state index in [1.54, 1.807) is 30.3 Å². The van der Waals surface area contributed by atoms with Crippen LogP contribution in [-0.2, 0) is 16.2 Å². The molecular formula is C17H16FN3O4. The number of primary amides is 1. The van der Waals surface area contributed by atoms with E-state index in [-0.39, 0.29) is 12.4 Å². The van der Waals surface area contributed by atoms with Gasteiger partial charge in [-0.05, 0) is 41.5 Å². The molecule has 0 aliphatic rings. The molecule has 2 rings (SSSR count). The van der Waals surface area contributed by atoms with Crippen molar-refractivity contribution >= 4 is 18.0 Å². The fourth-order valence-corrected chi connectivity index (χ4v) is 1.85. The van der Waals surface area contributed by atoms with Gasteiger partial charge in [0.2, 0.25) is 0 Å². The van der Waals surface area contributed by atoms with Gasteiger partial charge < -0.3 is 15.2 Å². The number of rotatable bonds is 6. The summed E-state index contributed by atoms with van der Waals surface area (Å²) in [5.74, 6) is -1.51. The third-order valence-electron chi connectivity index (χ3n) is 3.10. The van der Waals surface area contributed by atoms with Crippen LogP contribution in [0.25, 0.3) is 0 Å². The zero-order chi connectivity index (χ0) is 18.2. The maximum absolute atomic E-state index is 12.9. The van der Waals surface area contributed by atoms with Crippen molar-refractivity contribution in [2.24, 2.45) is 10.8 Å². The fraction of sp³-hybridized carbons (Fsp3) is 0.118. The Hall–Kier alpha value is -3.42. The first-order chi connectivity index (χ1) is 12.0. The first kappa shape index (κ1) is 17.9. The Kier molecular flexibility index (Phi) is 6.05. The van der Waals surface area contributed by atoms with E-state index >= 15 is 0 Å². The van der Waals surface area contributed by atoms with Crippen molar-refractivity contribution in [3.63, 3.8) is 0 Å². The van der Waals surface area contributed by atoms with Gasteiger partial charge in [-0.3, -0.25) is 9.59 Å². The van der Waals surface area contributed by atoms with E-state index in [1.807, 2.05) is 5.43 Å². The van der Waals surface area contributed by atoms with E-state index in [9.17, 15) is 14.0 Å².